The molecule has 21 heavy (non-hydrogen) atoms. The first kappa shape index (κ1) is 14.9. The fraction of sp³-hybridized carbons (Fsp3) is 0.357. The summed E-state index contributed by atoms with van der Waals surface area (Å²) in [4.78, 5) is 10.8. The molecule has 2 N–H and O–H groups in total. The van der Waals surface area contributed by atoms with E-state index >= 15 is 0 Å². The van der Waals surface area contributed by atoms with Gasteiger partial charge in [0.05, 0.1) is 5.75 Å². The zero-order chi connectivity index (χ0) is 14.7. The summed E-state index contributed by atoms with van der Waals surface area (Å²) in [5, 5.41) is 8.79. The van der Waals surface area contributed by atoms with Crippen molar-refractivity contribution in [3.05, 3.63) is 35.4 Å². The number of aromatic nitrogens is 2. The van der Waals surface area contributed by atoms with Crippen LogP contribution in [0.3, 0.4) is 0 Å². The van der Waals surface area contributed by atoms with Gasteiger partial charge in [-0.25, -0.2) is 0 Å². The van der Waals surface area contributed by atoms with E-state index in [0.29, 0.717) is 5.25 Å². The smallest absolute Gasteiger partial charge is 0.227 e. The third-order valence-corrected chi connectivity index (χ3v) is 6.75. The maximum atomic E-state index is 10.8. The Labute approximate surface area is 135 Å². The Morgan fingerprint density at radius 1 is 1.33 bits per heavy atom. The molecule has 1 aromatic heterocycles. The summed E-state index contributed by atoms with van der Waals surface area (Å²) in [6.45, 7) is 0. The molecule has 1 aliphatic rings. The highest BCUT2D eigenvalue weighted by molar-refractivity contribution is 8.03. The number of carbonyl (C=O) groups excluding carboxylic acids is 1. The number of carbonyl (C=O) groups is 1. The number of nitrogens with zero attached hydrogens (tertiary/aromatic N) is 2. The summed E-state index contributed by atoms with van der Waals surface area (Å²) in [6.07, 6.45) is 3.56. The maximum Gasteiger partial charge on any atom is 0.227 e. The van der Waals surface area contributed by atoms with Gasteiger partial charge in [-0.1, -0.05) is 59.1 Å². The topological polar surface area (TPSA) is 68.9 Å². The predicted octanol–water partition coefficient (Wildman–Crippen LogP) is 3.29. The van der Waals surface area contributed by atoms with E-state index in [-0.39, 0.29) is 11.7 Å². The standard InChI is InChI=1S/C14H15N3OS3/c15-12(18)8-19-13-16-17-14(21-13)20-11-7-3-5-9-4-1-2-6-10(9)11/h1-2,4,6,11H,3,5,7-8H2,(H2,15,18). The Hall–Kier alpha value is -1.05. The average Bonchev–Trinajstić information content (AvgIpc) is 2.93. The van der Waals surface area contributed by atoms with Gasteiger partial charge in [-0.15, -0.1) is 10.2 Å². The second-order valence-electron chi connectivity index (χ2n) is 4.79. The maximum absolute atomic E-state index is 10.8. The molecule has 0 spiro atoms. The molecule has 0 bridgehead atoms. The molecule has 1 aromatic carbocycles. The van der Waals surface area contributed by atoms with E-state index in [0.717, 1.165) is 8.68 Å². The molecule has 1 amide bonds. The zero-order valence-corrected chi connectivity index (χ0v) is 13.8. The average molecular weight is 337 g/mol. The molecule has 1 aliphatic carbocycles. The molecule has 110 valence electrons. The van der Waals surface area contributed by atoms with Crippen molar-refractivity contribution in [1.29, 1.82) is 0 Å². The molecule has 1 atom stereocenters. The van der Waals surface area contributed by atoms with Crippen molar-refractivity contribution in [2.45, 2.75) is 33.2 Å². The van der Waals surface area contributed by atoms with Crippen LogP contribution in [0.2, 0.25) is 0 Å². The number of fused-ring (bicyclic) bond motifs is 1. The van der Waals surface area contributed by atoms with Crippen LogP contribution < -0.4 is 5.73 Å². The summed E-state index contributed by atoms with van der Waals surface area (Å²) in [6, 6.07) is 8.65. The molecule has 0 aliphatic heterocycles. The van der Waals surface area contributed by atoms with Crippen molar-refractivity contribution in [3.63, 3.8) is 0 Å². The molecule has 0 fully saturated rings. The second kappa shape index (κ2) is 6.81. The van der Waals surface area contributed by atoms with Gasteiger partial charge < -0.3 is 5.73 Å². The van der Waals surface area contributed by atoms with E-state index < -0.39 is 0 Å². The fourth-order valence-electron chi connectivity index (χ4n) is 2.39. The number of rotatable bonds is 5. The highest BCUT2D eigenvalue weighted by Crippen LogP contribution is 2.44. The van der Waals surface area contributed by atoms with Gasteiger partial charge in [-0.05, 0) is 30.4 Å². The first-order valence-corrected chi connectivity index (χ1v) is 9.39. The Morgan fingerprint density at radius 2 is 2.14 bits per heavy atom. The molecule has 4 nitrogen and oxygen atoms in total. The van der Waals surface area contributed by atoms with Crippen LogP contribution in [0.15, 0.2) is 32.9 Å². The van der Waals surface area contributed by atoms with Crippen molar-refractivity contribution in [2.75, 3.05) is 5.75 Å². The quantitative estimate of drug-likeness (QED) is 0.848. The van der Waals surface area contributed by atoms with Gasteiger partial charge in [-0.3, -0.25) is 4.79 Å². The number of primary amides is 1. The van der Waals surface area contributed by atoms with Crippen LogP contribution in [0.4, 0.5) is 0 Å². The monoisotopic (exact) mass is 337 g/mol. The van der Waals surface area contributed by atoms with E-state index in [9.17, 15) is 4.79 Å². The minimum absolute atomic E-state index is 0.256. The normalized spacial score (nSPS) is 17.4. The van der Waals surface area contributed by atoms with Crippen molar-refractivity contribution >= 4 is 40.8 Å². The summed E-state index contributed by atoms with van der Waals surface area (Å²) < 4.78 is 1.77. The molecule has 0 radical (unpaired) electrons. The molecule has 1 heterocycles. The molecule has 2 aromatic rings. The van der Waals surface area contributed by atoms with Crippen LogP contribution in [0.5, 0.6) is 0 Å². The van der Waals surface area contributed by atoms with Gasteiger partial charge >= 0.3 is 0 Å². The summed E-state index contributed by atoms with van der Waals surface area (Å²) in [5.74, 6) is -0.0726. The molecule has 7 heteroatoms. The summed E-state index contributed by atoms with van der Waals surface area (Å²) in [7, 11) is 0. The number of nitrogens with two attached hydrogens (primary N) is 1. The lowest BCUT2D eigenvalue weighted by Crippen LogP contribution is -2.12. The minimum atomic E-state index is -0.328. The zero-order valence-electron chi connectivity index (χ0n) is 11.3. The fourth-order valence-corrected chi connectivity index (χ4v) is 5.62. The number of hydrogen-bond acceptors (Lipinski definition) is 6. The lowest BCUT2D eigenvalue weighted by Gasteiger charge is -2.23. The Morgan fingerprint density at radius 3 is 3.00 bits per heavy atom. The largest absolute Gasteiger partial charge is 0.369 e. The number of hydrogen-bond donors (Lipinski definition) is 1. The van der Waals surface area contributed by atoms with Gasteiger partial charge in [0.15, 0.2) is 8.68 Å². The summed E-state index contributed by atoms with van der Waals surface area (Å²) >= 11 is 4.67. The van der Waals surface area contributed by atoms with E-state index in [2.05, 4.69) is 34.5 Å². The van der Waals surface area contributed by atoms with Crippen LogP contribution in [0, 0.1) is 0 Å². The van der Waals surface area contributed by atoms with Crippen LogP contribution in [0.1, 0.15) is 29.2 Å². The first-order chi connectivity index (χ1) is 10.2. The van der Waals surface area contributed by atoms with E-state index in [1.165, 1.54) is 53.5 Å². The highest BCUT2D eigenvalue weighted by Gasteiger charge is 2.22. The van der Waals surface area contributed by atoms with Crippen molar-refractivity contribution in [3.8, 4) is 0 Å². The Bertz CT molecular complexity index is 644. The van der Waals surface area contributed by atoms with Crippen molar-refractivity contribution in [1.82, 2.24) is 10.2 Å². The lowest BCUT2D eigenvalue weighted by molar-refractivity contribution is -0.115. The molecule has 3 rings (SSSR count). The Balaban J connectivity index is 1.69. The molecule has 1 unspecified atom stereocenters. The van der Waals surface area contributed by atoms with Gasteiger partial charge in [-0.2, -0.15) is 0 Å². The van der Waals surface area contributed by atoms with Gasteiger partial charge in [0.2, 0.25) is 5.91 Å². The second-order valence-corrected chi connectivity index (χ2v) is 8.44. The third kappa shape index (κ3) is 3.78. The van der Waals surface area contributed by atoms with Crippen LogP contribution in [-0.4, -0.2) is 21.9 Å². The SMILES string of the molecule is NC(=O)CSc1nnc(SC2CCCc3ccccc32)s1. The molecular weight excluding hydrogens is 322 g/mol. The number of amides is 1. The molecular formula is C14H15N3OS3. The number of aryl methyl sites for hydroxylation is 1. The third-order valence-electron chi connectivity index (χ3n) is 3.28. The predicted molar refractivity (Wildman–Crippen MR) is 87.8 cm³/mol. The first-order valence-electron chi connectivity index (χ1n) is 6.71. The van der Waals surface area contributed by atoms with Crippen molar-refractivity contribution in [2.24, 2.45) is 5.73 Å². The van der Waals surface area contributed by atoms with Crippen molar-refractivity contribution < 1.29 is 4.79 Å². The van der Waals surface area contributed by atoms with Gasteiger partial charge in [0.1, 0.15) is 0 Å². The van der Waals surface area contributed by atoms with Gasteiger partial charge in [0, 0.05) is 5.25 Å². The van der Waals surface area contributed by atoms with Crippen LogP contribution >= 0.6 is 34.9 Å². The van der Waals surface area contributed by atoms with Crippen LogP contribution in [0.25, 0.3) is 0 Å². The lowest BCUT2D eigenvalue weighted by atomic mass is 9.91. The molecule has 0 saturated carbocycles. The van der Waals surface area contributed by atoms with Crippen LogP contribution in [-0.2, 0) is 11.2 Å². The highest BCUT2D eigenvalue weighted by atomic mass is 32.2. The van der Waals surface area contributed by atoms with E-state index in [1.807, 2.05) is 0 Å². The number of thioether (sulfide) groups is 2. The number of benzene rings is 1. The van der Waals surface area contributed by atoms with E-state index in [1.54, 1.807) is 11.8 Å². The Kier molecular flexibility index (Phi) is 4.82. The van der Waals surface area contributed by atoms with E-state index in [4.69, 9.17) is 5.73 Å². The summed E-state index contributed by atoms with van der Waals surface area (Å²) in [5.41, 5.74) is 8.02. The van der Waals surface area contributed by atoms with Gasteiger partial charge in [0.25, 0.3) is 0 Å². The minimum Gasteiger partial charge on any atom is -0.369 e. The molecule has 0 saturated heterocycles.